The Morgan fingerprint density at radius 1 is 0.181 bits per heavy atom. The molecule has 0 N–H and O–H groups in total. The molecule has 0 fully saturated rings. The number of aromatic nitrogens is 9. The predicted molar refractivity (Wildman–Crippen MR) is 607 cm³/mol. The average Bonchev–Trinajstić information content (AvgIpc) is 1.57. The fourth-order valence-electron chi connectivity index (χ4n) is 22.7. The summed E-state index contributed by atoms with van der Waals surface area (Å²) in [6.45, 7) is 0. The van der Waals surface area contributed by atoms with E-state index in [9.17, 15) is 0 Å². The van der Waals surface area contributed by atoms with Gasteiger partial charge in [-0.3, -0.25) is 28.4 Å². The lowest BCUT2D eigenvalue weighted by atomic mass is 9.95. The third-order valence-electron chi connectivity index (χ3n) is 29.4. The van der Waals surface area contributed by atoms with E-state index in [0.29, 0.717) is 34.2 Å². The first-order valence-corrected chi connectivity index (χ1v) is 50.1. The zero-order valence-electron chi connectivity index (χ0n) is 79.9. The molecule has 20 aromatic carbocycles. The summed E-state index contributed by atoms with van der Waals surface area (Å²) in [6, 6.07) is 175. The molecule has 9 aromatic heterocycles. The minimum absolute atomic E-state index is 0.645. The van der Waals surface area contributed by atoms with Crippen molar-refractivity contribution < 1.29 is 13.3 Å². The van der Waals surface area contributed by atoms with Crippen LogP contribution >= 0.6 is 0 Å². The Kier molecular flexibility index (Phi) is 19.3. The lowest BCUT2D eigenvalue weighted by Crippen LogP contribution is -2.13. The quantitative estimate of drug-likeness (QED) is 0.136. The molecule has 0 aliphatic carbocycles. The van der Waals surface area contributed by atoms with Gasteiger partial charge in [0.05, 0.1) is 50.7 Å². The van der Waals surface area contributed by atoms with E-state index in [1.54, 1.807) is 0 Å². The van der Waals surface area contributed by atoms with Crippen molar-refractivity contribution in [3.05, 3.63) is 497 Å². The molecule has 0 radical (unpaired) electrons. The van der Waals surface area contributed by atoms with Crippen LogP contribution in [0.2, 0.25) is 0 Å². The zero-order valence-corrected chi connectivity index (χ0v) is 79.9. The van der Waals surface area contributed by atoms with Gasteiger partial charge >= 0.3 is 0 Å². The van der Waals surface area contributed by atoms with E-state index in [2.05, 4.69) is 417 Å². The van der Waals surface area contributed by atoms with Crippen LogP contribution in [0.4, 0.5) is 51.6 Å². The molecule has 15 heteroatoms. The molecule has 15 nitrogen and oxygen atoms in total. The van der Waals surface area contributed by atoms with Crippen LogP contribution in [-0.4, -0.2) is 43.6 Å². The molecule has 149 heavy (non-hydrogen) atoms. The molecule has 32 rings (SSSR count). The highest BCUT2D eigenvalue weighted by atomic mass is 16.3. The average molecular weight is 1910 g/mol. The number of rotatable bonds is 9. The minimum Gasteiger partial charge on any atom is -0.452 e. The molecule has 0 saturated heterocycles. The van der Waals surface area contributed by atoms with Gasteiger partial charge < -0.3 is 13.3 Å². The van der Waals surface area contributed by atoms with Crippen molar-refractivity contribution in [3.63, 3.8) is 0 Å². The summed E-state index contributed by atoms with van der Waals surface area (Å²) in [4.78, 5) is 38.3. The van der Waals surface area contributed by atoms with Gasteiger partial charge in [-0.15, -0.1) is 0 Å². The van der Waals surface area contributed by atoms with Crippen LogP contribution in [0, 0.1) is 0 Å². The summed E-state index contributed by atoms with van der Waals surface area (Å²) in [5.74, 6) is 5.15. The van der Waals surface area contributed by atoms with E-state index in [1.165, 1.54) is 71.1 Å². The molecule has 0 saturated carbocycles. The van der Waals surface area contributed by atoms with E-state index in [1.807, 2.05) is 109 Å². The van der Waals surface area contributed by atoms with Crippen LogP contribution in [-0.2, 0) is 0 Å². The second-order valence-corrected chi connectivity index (χ2v) is 37.9. The summed E-state index contributed by atoms with van der Waals surface area (Å²) >= 11 is 0. The number of hydrogen-bond donors (Lipinski definition) is 0. The van der Waals surface area contributed by atoms with E-state index < -0.39 is 0 Å². The summed E-state index contributed by atoms with van der Waals surface area (Å²) < 4.78 is 26.4. The summed E-state index contributed by atoms with van der Waals surface area (Å²) in [7, 11) is 0. The maximum Gasteiger partial charge on any atom is 0.180 e. The number of hydrogen-bond acceptors (Lipinski definition) is 12. The second-order valence-electron chi connectivity index (χ2n) is 37.9. The first kappa shape index (κ1) is 84.3. The van der Waals surface area contributed by atoms with Gasteiger partial charge in [0.1, 0.15) is 67.8 Å². The molecule has 696 valence electrons. The number of benzene rings is 20. The lowest BCUT2D eigenvalue weighted by molar-refractivity contribution is 0.667. The van der Waals surface area contributed by atoms with Crippen molar-refractivity contribution in [2.75, 3.05) is 14.7 Å². The molecule has 0 spiro atoms. The van der Waals surface area contributed by atoms with Gasteiger partial charge in [0.2, 0.25) is 0 Å². The first-order valence-electron chi connectivity index (χ1n) is 50.1. The number of para-hydroxylation sites is 10. The van der Waals surface area contributed by atoms with Gasteiger partial charge in [0.15, 0.2) is 34.2 Å². The number of fused-ring (bicyclic) bond motifs is 34. The number of nitrogens with zero attached hydrogens (tertiary/aromatic N) is 12. The van der Waals surface area contributed by atoms with Crippen LogP contribution in [0.5, 0.6) is 0 Å². The molecule has 12 heterocycles. The topological polar surface area (TPSA) is 141 Å². The molecule has 3 aliphatic rings. The summed E-state index contributed by atoms with van der Waals surface area (Å²) in [5, 5.41) is 11.3. The van der Waals surface area contributed by atoms with Crippen LogP contribution in [0.15, 0.2) is 511 Å². The van der Waals surface area contributed by atoms with Gasteiger partial charge in [0, 0.05) is 122 Å². The van der Waals surface area contributed by atoms with Crippen molar-refractivity contribution >= 4 is 172 Å². The smallest absolute Gasteiger partial charge is 0.180 e. The van der Waals surface area contributed by atoms with Gasteiger partial charge in [0.25, 0.3) is 0 Å². The number of furan rings is 3. The third kappa shape index (κ3) is 13.7. The molecule has 0 atom stereocenters. The standard InChI is InChI=1S/2C46H28N4O.C42H26N4O/c1-2-14-30(15-3-1)42-45-43(37-21-8-11-24-40(37)51-45)48-46(47-42)32-17-12-18-33(27-32)49-41-28-31-16-5-9-22-38(31)50(41)39-23-10-7-20-35(39)36-26-25-29-13-4-6-19-34(29)44(36)49;1-2-14-30(15-3-1)43-45-44(36-21-8-11-24-40(36)51-45)48-46(47-43)32-17-12-18-33(27-32)49-38-23-10-7-20-35(38)42-34-19-6-4-13-29(34)25-26-39(42)50-37-22-9-5-16-31(37)28-41(49)50;1-2-13-27(14-3-1)39-41-40(33-20-7-11-24-37(33)47-41)44-42(43-39)29-16-12-17-30(25-29)45-35-22-9-5-18-31(35)32-19-6-10-23-36(32)46-34-21-8-4-15-28(34)26-38(45)46/h2*1-28H;1-26H. The SMILES string of the molecule is c1ccc(-c2nc(-c3cccc(N4c5c(ccc6ccccc56)-c5ccccc5-n5c4cc4ccccc45)c3)nc3c2oc2ccccc23)cc1.c1ccc(-c2nc(-c3cccc(N4c5ccccc5-c5c(ccc6ccccc56)-n5c4cc4ccccc45)c3)nc3c2oc2ccccc23)cc1.c1ccc(-c2nc(-c3cccc(N4c5ccccc5-c5ccccc5-n5c4cc4ccccc45)c3)nc3c2oc2ccccc23)cc1. The maximum absolute atomic E-state index is 6.40. The molecule has 0 unspecified atom stereocenters. The Labute approximate surface area is 853 Å². The van der Waals surface area contributed by atoms with E-state index in [-0.39, 0.29) is 0 Å². The van der Waals surface area contributed by atoms with Gasteiger partial charge in [-0.2, -0.15) is 0 Å². The zero-order chi connectivity index (χ0) is 97.8. The summed E-state index contributed by atoms with van der Waals surface area (Å²) in [5.41, 5.74) is 35.4. The highest BCUT2D eigenvalue weighted by molar-refractivity contribution is 6.15. The third-order valence-corrected chi connectivity index (χ3v) is 29.4. The molecule has 3 aliphatic heterocycles. The largest absolute Gasteiger partial charge is 0.452 e. The van der Waals surface area contributed by atoms with Crippen LogP contribution in [0.25, 0.3) is 239 Å². The molecule has 29 aromatic rings. The highest BCUT2D eigenvalue weighted by Gasteiger charge is 2.36. The second kappa shape index (κ2) is 34.2. The van der Waals surface area contributed by atoms with Gasteiger partial charge in [-0.25, -0.2) is 29.9 Å². The Hall–Kier alpha value is -20.4. The van der Waals surface area contributed by atoms with Gasteiger partial charge in [-0.05, 0) is 156 Å². The Balaban J connectivity index is 0.000000103. The van der Waals surface area contributed by atoms with Crippen molar-refractivity contribution in [2.24, 2.45) is 0 Å². The van der Waals surface area contributed by atoms with Crippen molar-refractivity contribution in [1.29, 1.82) is 0 Å². The van der Waals surface area contributed by atoms with Gasteiger partial charge in [-0.1, -0.05) is 358 Å². The van der Waals surface area contributed by atoms with E-state index >= 15 is 0 Å². The fraction of sp³-hybridized carbons (Fsp3) is 0. The van der Waals surface area contributed by atoms with Crippen molar-refractivity contribution in [3.8, 4) is 118 Å². The molecule has 0 amide bonds. The summed E-state index contributed by atoms with van der Waals surface area (Å²) in [6.07, 6.45) is 0. The molecular weight excluding hydrogens is 1830 g/mol. The van der Waals surface area contributed by atoms with Crippen molar-refractivity contribution in [2.45, 2.75) is 0 Å². The normalized spacial score (nSPS) is 12.3. The fourth-order valence-corrected chi connectivity index (χ4v) is 22.7. The Morgan fingerprint density at radius 2 is 0.483 bits per heavy atom. The monoisotopic (exact) mass is 1910 g/mol. The molecule has 0 bridgehead atoms. The van der Waals surface area contributed by atoms with Crippen molar-refractivity contribution in [1.82, 2.24) is 43.6 Å². The Bertz CT molecular complexity index is 10500. The van der Waals surface area contributed by atoms with Crippen LogP contribution in [0.1, 0.15) is 0 Å². The van der Waals surface area contributed by atoms with E-state index in [0.717, 1.165) is 185 Å². The predicted octanol–water partition coefficient (Wildman–Crippen LogP) is 35.6. The van der Waals surface area contributed by atoms with Crippen LogP contribution in [0.3, 0.4) is 0 Å². The maximum atomic E-state index is 6.40. The highest BCUT2D eigenvalue weighted by Crippen LogP contribution is 2.57. The lowest BCUT2D eigenvalue weighted by Gasteiger charge is -2.27. The van der Waals surface area contributed by atoms with E-state index in [4.69, 9.17) is 43.2 Å². The first-order chi connectivity index (χ1) is 73.9. The molecular formula is C134H82N12O3. The number of anilines is 9. The minimum atomic E-state index is 0.645. The Morgan fingerprint density at radius 3 is 0.919 bits per heavy atom. The van der Waals surface area contributed by atoms with Crippen LogP contribution < -0.4 is 14.7 Å².